The van der Waals surface area contributed by atoms with Crippen LogP contribution in [-0.4, -0.2) is 30.0 Å². The molecule has 0 bridgehead atoms. The van der Waals surface area contributed by atoms with Gasteiger partial charge in [0.25, 0.3) is 5.91 Å². The van der Waals surface area contributed by atoms with Crippen molar-refractivity contribution in [1.82, 2.24) is 10.2 Å². The summed E-state index contributed by atoms with van der Waals surface area (Å²) >= 11 is 0. The molecule has 1 heterocycles. The lowest BCUT2D eigenvalue weighted by molar-refractivity contribution is -0.132. The lowest BCUT2D eigenvalue weighted by atomic mass is 9.87. The van der Waals surface area contributed by atoms with Crippen LogP contribution in [0, 0.1) is 17.1 Å². The van der Waals surface area contributed by atoms with Gasteiger partial charge < -0.3 is 10.1 Å². The molecule has 27 heavy (non-hydrogen) atoms. The molecule has 1 aliphatic rings. The minimum absolute atomic E-state index is 0.0770. The molecule has 3 rings (SSSR count). The Hall–Kier alpha value is -3.40. The highest BCUT2D eigenvalue weighted by molar-refractivity contribution is 6.07. The highest BCUT2D eigenvalue weighted by Gasteiger charge is 2.51. The Bertz CT molecular complexity index is 890. The van der Waals surface area contributed by atoms with Crippen LogP contribution in [0.25, 0.3) is 0 Å². The topological polar surface area (TPSA) is 82.4 Å². The summed E-state index contributed by atoms with van der Waals surface area (Å²) in [7, 11) is 0. The van der Waals surface area contributed by atoms with Crippen LogP contribution in [0.1, 0.15) is 24.5 Å². The SMILES string of the molecule is CCC1(c2ccc(F)cc2)NC(=O)N(CCOc2ccc(C#N)cc2)C1=O. The van der Waals surface area contributed by atoms with E-state index in [1.54, 1.807) is 31.2 Å². The van der Waals surface area contributed by atoms with Gasteiger partial charge >= 0.3 is 6.03 Å². The smallest absolute Gasteiger partial charge is 0.325 e. The van der Waals surface area contributed by atoms with Gasteiger partial charge in [0.2, 0.25) is 0 Å². The number of nitriles is 1. The van der Waals surface area contributed by atoms with Crippen LogP contribution in [-0.2, 0) is 10.3 Å². The highest BCUT2D eigenvalue weighted by atomic mass is 19.1. The molecule has 2 aromatic rings. The number of carbonyl (C=O) groups excluding carboxylic acids is 2. The second-order valence-electron chi connectivity index (χ2n) is 6.14. The standard InChI is InChI=1S/C20H18FN3O3/c1-2-20(15-5-7-16(21)8-6-15)18(25)24(19(26)23-20)11-12-27-17-9-3-14(13-22)4-10-17/h3-10H,2,11-12H2,1H3,(H,23,26). The average molecular weight is 367 g/mol. The fourth-order valence-corrected chi connectivity index (χ4v) is 3.08. The van der Waals surface area contributed by atoms with Gasteiger partial charge in [-0.3, -0.25) is 9.69 Å². The van der Waals surface area contributed by atoms with Gasteiger partial charge in [-0.15, -0.1) is 0 Å². The van der Waals surface area contributed by atoms with Crippen LogP contribution in [0.15, 0.2) is 48.5 Å². The quantitative estimate of drug-likeness (QED) is 0.796. The summed E-state index contributed by atoms with van der Waals surface area (Å²) in [4.78, 5) is 26.4. The Kier molecular flexibility index (Phi) is 5.08. The molecule has 0 saturated carbocycles. The molecular formula is C20H18FN3O3. The zero-order valence-corrected chi connectivity index (χ0v) is 14.7. The molecule has 0 radical (unpaired) electrons. The van der Waals surface area contributed by atoms with E-state index in [1.807, 2.05) is 6.07 Å². The number of nitrogens with zero attached hydrogens (tertiary/aromatic N) is 2. The van der Waals surface area contributed by atoms with E-state index in [2.05, 4.69) is 5.32 Å². The molecule has 7 heteroatoms. The van der Waals surface area contributed by atoms with Crippen molar-refractivity contribution in [2.75, 3.05) is 13.2 Å². The van der Waals surface area contributed by atoms with Crippen LogP contribution in [0.4, 0.5) is 9.18 Å². The number of hydrogen-bond acceptors (Lipinski definition) is 4. The molecule has 1 saturated heterocycles. The van der Waals surface area contributed by atoms with E-state index in [0.29, 0.717) is 23.3 Å². The van der Waals surface area contributed by atoms with Crippen LogP contribution < -0.4 is 10.1 Å². The molecule has 1 aliphatic heterocycles. The van der Waals surface area contributed by atoms with E-state index in [1.165, 1.54) is 24.3 Å². The molecule has 1 unspecified atom stereocenters. The molecule has 2 aromatic carbocycles. The predicted molar refractivity (Wildman–Crippen MR) is 95.3 cm³/mol. The lowest BCUT2D eigenvalue weighted by Gasteiger charge is -2.25. The van der Waals surface area contributed by atoms with E-state index in [9.17, 15) is 14.0 Å². The maximum absolute atomic E-state index is 13.2. The molecule has 1 N–H and O–H groups in total. The highest BCUT2D eigenvalue weighted by Crippen LogP contribution is 2.32. The molecule has 1 fully saturated rings. The van der Waals surface area contributed by atoms with Gasteiger partial charge in [-0.2, -0.15) is 5.26 Å². The van der Waals surface area contributed by atoms with Crippen molar-refractivity contribution in [2.24, 2.45) is 0 Å². The number of rotatable bonds is 6. The van der Waals surface area contributed by atoms with E-state index in [-0.39, 0.29) is 19.1 Å². The number of urea groups is 1. The van der Waals surface area contributed by atoms with Gasteiger partial charge in [-0.1, -0.05) is 19.1 Å². The Morgan fingerprint density at radius 3 is 2.41 bits per heavy atom. The molecule has 1 atom stereocenters. The number of nitrogens with one attached hydrogen (secondary N) is 1. The molecular weight excluding hydrogens is 349 g/mol. The van der Waals surface area contributed by atoms with Crippen molar-refractivity contribution in [3.8, 4) is 11.8 Å². The summed E-state index contributed by atoms with van der Waals surface area (Å²) in [5, 5.41) is 11.5. The summed E-state index contributed by atoms with van der Waals surface area (Å²) in [6.07, 6.45) is 0.343. The van der Waals surface area contributed by atoms with Crippen LogP contribution in [0.2, 0.25) is 0 Å². The minimum Gasteiger partial charge on any atom is -0.492 e. The minimum atomic E-state index is -1.20. The van der Waals surface area contributed by atoms with Crippen LogP contribution in [0.3, 0.4) is 0 Å². The molecule has 0 spiro atoms. The van der Waals surface area contributed by atoms with Gasteiger partial charge in [-0.25, -0.2) is 9.18 Å². The van der Waals surface area contributed by atoms with Crippen molar-refractivity contribution >= 4 is 11.9 Å². The molecule has 0 aromatic heterocycles. The maximum atomic E-state index is 13.2. The molecule has 3 amide bonds. The van der Waals surface area contributed by atoms with Crippen molar-refractivity contribution in [3.05, 3.63) is 65.5 Å². The second kappa shape index (κ2) is 7.46. The van der Waals surface area contributed by atoms with Crippen molar-refractivity contribution in [3.63, 3.8) is 0 Å². The number of carbonyl (C=O) groups is 2. The number of hydrogen-bond donors (Lipinski definition) is 1. The van der Waals surface area contributed by atoms with E-state index >= 15 is 0 Å². The van der Waals surface area contributed by atoms with Crippen molar-refractivity contribution < 1.29 is 18.7 Å². The number of benzene rings is 2. The number of imide groups is 1. The van der Waals surface area contributed by atoms with E-state index in [0.717, 1.165) is 4.90 Å². The first-order valence-electron chi connectivity index (χ1n) is 8.53. The number of amides is 3. The van der Waals surface area contributed by atoms with Gasteiger partial charge in [0.1, 0.15) is 23.7 Å². The largest absolute Gasteiger partial charge is 0.492 e. The molecule has 6 nitrogen and oxygen atoms in total. The third-order valence-corrected chi connectivity index (χ3v) is 4.61. The monoisotopic (exact) mass is 367 g/mol. The lowest BCUT2D eigenvalue weighted by Crippen LogP contribution is -2.43. The average Bonchev–Trinajstić information content (AvgIpc) is 2.94. The Morgan fingerprint density at radius 2 is 1.81 bits per heavy atom. The third kappa shape index (κ3) is 3.47. The zero-order valence-electron chi connectivity index (χ0n) is 14.7. The fourth-order valence-electron chi connectivity index (χ4n) is 3.08. The van der Waals surface area contributed by atoms with Crippen molar-refractivity contribution in [2.45, 2.75) is 18.9 Å². The van der Waals surface area contributed by atoms with Gasteiger partial charge in [-0.05, 0) is 48.4 Å². The maximum Gasteiger partial charge on any atom is 0.325 e. The van der Waals surface area contributed by atoms with Crippen LogP contribution in [0.5, 0.6) is 5.75 Å². The second-order valence-corrected chi connectivity index (χ2v) is 6.14. The first kappa shape index (κ1) is 18.4. The molecule has 0 aliphatic carbocycles. The summed E-state index contributed by atoms with van der Waals surface area (Å²) in [6, 6.07) is 13.6. The summed E-state index contributed by atoms with van der Waals surface area (Å²) in [5.41, 5.74) is -0.136. The van der Waals surface area contributed by atoms with Crippen LogP contribution >= 0.6 is 0 Å². The van der Waals surface area contributed by atoms with Gasteiger partial charge in [0.05, 0.1) is 18.2 Å². The first-order chi connectivity index (χ1) is 13.0. The van der Waals surface area contributed by atoms with E-state index < -0.39 is 17.4 Å². The molecule has 138 valence electrons. The number of ether oxygens (including phenoxy) is 1. The van der Waals surface area contributed by atoms with Crippen molar-refractivity contribution in [1.29, 1.82) is 5.26 Å². The Balaban J connectivity index is 1.69. The fraction of sp³-hybridized carbons (Fsp3) is 0.250. The zero-order chi connectivity index (χ0) is 19.4. The Labute approximate surface area is 156 Å². The first-order valence-corrected chi connectivity index (χ1v) is 8.53. The van der Waals surface area contributed by atoms with Gasteiger partial charge in [0, 0.05) is 0 Å². The normalized spacial score (nSPS) is 18.9. The summed E-state index contributed by atoms with van der Waals surface area (Å²) in [6.45, 7) is 1.99. The third-order valence-electron chi connectivity index (χ3n) is 4.61. The number of halogens is 1. The predicted octanol–water partition coefficient (Wildman–Crippen LogP) is 2.93. The summed E-state index contributed by atoms with van der Waals surface area (Å²) in [5.74, 6) is -0.249. The van der Waals surface area contributed by atoms with E-state index in [4.69, 9.17) is 10.00 Å². The van der Waals surface area contributed by atoms with Gasteiger partial charge in [0.15, 0.2) is 0 Å². The Morgan fingerprint density at radius 1 is 1.15 bits per heavy atom. The summed E-state index contributed by atoms with van der Waals surface area (Å²) < 4.78 is 18.8.